The molecule has 8 heteroatoms. The highest BCUT2D eigenvalue weighted by molar-refractivity contribution is 5.69. The van der Waals surface area contributed by atoms with Crippen LogP contribution in [0.2, 0.25) is 0 Å². The molecule has 192 valence electrons. The van der Waals surface area contributed by atoms with Gasteiger partial charge in [-0.3, -0.25) is 9.78 Å². The normalized spacial score (nSPS) is 14.6. The van der Waals surface area contributed by atoms with Crippen molar-refractivity contribution in [2.24, 2.45) is 5.92 Å². The summed E-state index contributed by atoms with van der Waals surface area (Å²) < 4.78 is 8.18. The van der Waals surface area contributed by atoms with Crippen LogP contribution in [0, 0.1) is 5.92 Å². The molecule has 0 bridgehead atoms. The monoisotopic (exact) mass is 482 g/mol. The molecule has 35 heavy (non-hydrogen) atoms. The van der Waals surface area contributed by atoms with E-state index in [1.54, 1.807) is 6.20 Å². The van der Waals surface area contributed by atoms with Crippen molar-refractivity contribution in [1.82, 2.24) is 25.2 Å². The molecule has 1 saturated heterocycles. The summed E-state index contributed by atoms with van der Waals surface area (Å²) in [5.41, 5.74) is 3.88. The van der Waals surface area contributed by atoms with Crippen molar-refractivity contribution in [2.75, 3.05) is 37.6 Å². The standard InChI is InChI=1S/C23H30N6O2.2C2H6/c1-3-18(13-25-16-30)17(2)31-23-12-19(15-29-22(23)6-7-27-29)21-5-4-20(14-26-21)28-10-8-24-9-11-28;2*1-2/h4-7,12,14-18,24H,3,8-11,13H2,1-2H3,(H,25,30);2*1-2H3. The maximum absolute atomic E-state index is 10.7. The molecule has 0 aromatic carbocycles. The molecule has 2 N–H and O–H groups in total. The molecule has 4 rings (SSSR count). The van der Waals surface area contributed by atoms with Gasteiger partial charge in [-0.15, -0.1) is 0 Å². The quantitative estimate of drug-likeness (QED) is 0.440. The zero-order valence-corrected chi connectivity index (χ0v) is 22.1. The summed E-state index contributed by atoms with van der Waals surface area (Å²) in [6.07, 6.45) is 7.27. The van der Waals surface area contributed by atoms with E-state index in [0.29, 0.717) is 6.54 Å². The van der Waals surface area contributed by atoms with Crippen LogP contribution in [0.25, 0.3) is 16.8 Å². The number of carbonyl (C=O) groups is 1. The molecule has 8 nitrogen and oxygen atoms in total. The molecule has 1 amide bonds. The third-order valence-electron chi connectivity index (χ3n) is 5.96. The third kappa shape index (κ3) is 7.42. The highest BCUT2D eigenvalue weighted by Gasteiger charge is 2.19. The Balaban J connectivity index is 0.00000103. The predicted octanol–water partition coefficient (Wildman–Crippen LogP) is 4.40. The Bertz CT molecular complexity index is 999. The first-order valence-electron chi connectivity index (χ1n) is 12.9. The minimum atomic E-state index is -0.0607. The van der Waals surface area contributed by atoms with Gasteiger partial charge in [0.25, 0.3) is 0 Å². The maximum atomic E-state index is 10.7. The summed E-state index contributed by atoms with van der Waals surface area (Å²) in [5, 5.41) is 10.6. The highest BCUT2D eigenvalue weighted by atomic mass is 16.5. The third-order valence-corrected chi connectivity index (χ3v) is 5.96. The minimum absolute atomic E-state index is 0.0607. The molecule has 0 aliphatic carbocycles. The molecule has 1 fully saturated rings. The zero-order chi connectivity index (χ0) is 25.6. The van der Waals surface area contributed by atoms with Crippen LogP contribution in [-0.4, -0.2) is 59.8 Å². The number of hydrogen-bond acceptors (Lipinski definition) is 6. The van der Waals surface area contributed by atoms with E-state index in [9.17, 15) is 4.79 Å². The number of piperazine rings is 1. The van der Waals surface area contributed by atoms with Crippen molar-refractivity contribution in [3.8, 4) is 17.0 Å². The van der Waals surface area contributed by atoms with Crippen LogP contribution >= 0.6 is 0 Å². The van der Waals surface area contributed by atoms with Gasteiger partial charge in [0.05, 0.1) is 23.8 Å². The smallest absolute Gasteiger partial charge is 0.207 e. The largest absolute Gasteiger partial charge is 0.488 e. The Kier molecular flexibility index (Phi) is 12.0. The van der Waals surface area contributed by atoms with E-state index in [1.807, 2.05) is 63.7 Å². The minimum Gasteiger partial charge on any atom is -0.488 e. The number of nitrogens with zero attached hydrogens (tertiary/aromatic N) is 4. The summed E-state index contributed by atoms with van der Waals surface area (Å²) in [7, 11) is 0. The van der Waals surface area contributed by atoms with Gasteiger partial charge in [0.1, 0.15) is 17.4 Å². The van der Waals surface area contributed by atoms with Crippen LogP contribution in [0.3, 0.4) is 0 Å². The van der Waals surface area contributed by atoms with Gasteiger partial charge in [-0.25, -0.2) is 4.52 Å². The Morgan fingerprint density at radius 3 is 2.54 bits per heavy atom. The number of amides is 1. The lowest BCUT2D eigenvalue weighted by Crippen LogP contribution is -2.43. The van der Waals surface area contributed by atoms with E-state index >= 15 is 0 Å². The van der Waals surface area contributed by atoms with Gasteiger partial charge in [0.15, 0.2) is 0 Å². The summed E-state index contributed by atoms with van der Waals surface area (Å²) in [6.45, 7) is 16.7. The summed E-state index contributed by atoms with van der Waals surface area (Å²) in [5.74, 6) is 0.980. The van der Waals surface area contributed by atoms with Gasteiger partial charge in [0.2, 0.25) is 6.41 Å². The number of nitrogens with one attached hydrogen (secondary N) is 2. The number of hydrogen-bond donors (Lipinski definition) is 2. The molecule has 0 saturated carbocycles. The lowest BCUT2D eigenvalue weighted by Gasteiger charge is -2.29. The first-order chi connectivity index (χ1) is 17.2. The fraction of sp³-hybridized carbons (Fsp3) is 0.519. The molecule has 1 aliphatic heterocycles. The number of fused-ring (bicyclic) bond motifs is 1. The second-order valence-electron chi connectivity index (χ2n) is 7.91. The Morgan fingerprint density at radius 1 is 1.17 bits per heavy atom. The number of rotatable bonds is 9. The Hall–Kier alpha value is -3.13. The van der Waals surface area contributed by atoms with E-state index in [-0.39, 0.29) is 12.0 Å². The van der Waals surface area contributed by atoms with E-state index in [4.69, 9.17) is 9.72 Å². The van der Waals surface area contributed by atoms with Gasteiger partial charge in [-0.1, -0.05) is 34.6 Å². The van der Waals surface area contributed by atoms with Gasteiger partial charge in [-0.05, 0) is 37.6 Å². The van der Waals surface area contributed by atoms with Crippen LogP contribution in [0.1, 0.15) is 48.0 Å². The van der Waals surface area contributed by atoms with Crippen molar-refractivity contribution < 1.29 is 9.53 Å². The molecule has 3 aromatic heterocycles. The van der Waals surface area contributed by atoms with Gasteiger partial charge >= 0.3 is 0 Å². The Morgan fingerprint density at radius 2 is 1.91 bits per heavy atom. The summed E-state index contributed by atoms with van der Waals surface area (Å²) >= 11 is 0. The first-order valence-corrected chi connectivity index (χ1v) is 12.9. The fourth-order valence-electron chi connectivity index (χ4n) is 4.04. The first kappa shape index (κ1) is 28.1. The molecule has 4 heterocycles. The van der Waals surface area contributed by atoms with Gasteiger partial charge in [0, 0.05) is 50.4 Å². The number of aromatic nitrogens is 3. The average molecular weight is 483 g/mol. The highest BCUT2D eigenvalue weighted by Crippen LogP contribution is 2.29. The van der Waals surface area contributed by atoms with E-state index in [1.165, 1.54) is 0 Å². The fourth-order valence-corrected chi connectivity index (χ4v) is 4.04. The van der Waals surface area contributed by atoms with E-state index < -0.39 is 0 Å². The van der Waals surface area contributed by atoms with E-state index in [0.717, 1.165) is 67.2 Å². The van der Waals surface area contributed by atoms with Gasteiger partial charge in [-0.2, -0.15) is 5.10 Å². The van der Waals surface area contributed by atoms with Crippen LogP contribution < -0.4 is 20.3 Å². The van der Waals surface area contributed by atoms with Crippen LogP contribution in [0.15, 0.2) is 42.9 Å². The second kappa shape index (κ2) is 15.0. The molecule has 3 aromatic rings. The molecular formula is C27H42N6O2. The number of carbonyl (C=O) groups excluding carboxylic acids is 1. The zero-order valence-electron chi connectivity index (χ0n) is 22.1. The van der Waals surface area contributed by atoms with E-state index in [2.05, 4.69) is 39.7 Å². The van der Waals surface area contributed by atoms with Crippen LogP contribution in [0.5, 0.6) is 5.75 Å². The van der Waals surface area contributed by atoms with Crippen molar-refractivity contribution in [1.29, 1.82) is 0 Å². The van der Waals surface area contributed by atoms with Crippen molar-refractivity contribution in [3.63, 3.8) is 0 Å². The van der Waals surface area contributed by atoms with Crippen molar-refractivity contribution in [2.45, 2.75) is 54.1 Å². The number of ether oxygens (including phenoxy) is 1. The topological polar surface area (TPSA) is 83.8 Å². The molecule has 0 radical (unpaired) electrons. The summed E-state index contributed by atoms with van der Waals surface area (Å²) in [4.78, 5) is 17.8. The van der Waals surface area contributed by atoms with Crippen LogP contribution in [0.4, 0.5) is 5.69 Å². The van der Waals surface area contributed by atoms with Crippen molar-refractivity contribution in [3.05, 3.63) is 42.9 Å². The Labute approximate surface area is 210 Å². The predicted molar refractivity (Wildman–Crippen MR) is 144 cm³/mol. The van der Waals surface area contributed by atoms with Crippen LogP contribution in [-0.2, 0) is 4.79 Å². The lowest BCUT2D eigenvalue weighted by molar-refractivity contribution is -0.109. The summed E-state index contributed by atoms with van der Waals surface area (Å²) in [6, 6.07) is 8.15. The lowest BCUT2D eigenvalue weighted by atomic mass is 10.0. The molecule has 2 atom stereocenters. The maximum Gasteiger partial charge on any atom is 0.207 e. The molecule has 2 unspecified atom stereocenters. The molecule has 0 spiro atoms. The molecule has 1 aliphatic rings. The second-order valence-corrected chi connectivity index (χ2v) is 7.91. The number of pyridine rings is 2. The average Bonchev–Trinajstić information content (AvgIpc) is 3.41. The van der Waals surface area contributed by atoms with Gasteiger partial charge < -0.3 is 20.3 Å². The van der Waals surface area contributed by atoms with Crippen molar-refractivity contribution >= 4 is 17.6 Å². The SMILES string of the molecule is CC.CC.CCC(CNC=O)C(C)Oc1cc(-c2ccc(N3CCNCC3)cn2)cn2nccc12. The molecular weight excluding hydrogens is 440 g/mol. The number of anilines is 1.